The van der Waals surface area contributed by atoms with Crippen molar-refractivity contribution in [3.8, 4) is 17.6 Å². The van der Waals surface area contributed by atoms with Gasteiger partial charge in [0.05, 0.1) is 46.0 Å². The standard InChI is InChI=1S/C40H48N7O8P/c1-25(2)47(26(3)4)56(53-22-10-21-41)55-32-23-34(46-36-35(43-39(46)49)37(48)45-38(42)44-36)54-33(32)24-52-40(27-11-8-7-9-12-27,28-13-17-30(50-5)18-14-28)29-15-19-31(51-6)20-16-29/h7-9,11-20,25-26,32-34H,10,22-24H2,1-6H3,(H,43,49)(H3,42,44,45,48)/t32-,33+,34+,56?/m0/s1. The van der Waals surface area contributed by atoms with Gasteiger partial charge in [0.25, 0.3) is 14.1 Å². The zero-order chi connectivity index (χ0) is 40.0. The Kier molecular flexibility index (Phi) is 12.9. The van der Waals surface area contributed by atoms with Gasteiger partial charge in [-0.1, -0.05) is 54.6 Å². The fraction of sp³-hybridized carbons (Fsp3) is 0.400. The van der Waals surface area contributed by atoms with Crippen molar-refractivity contribution in [2.75, 3.05) is 33.2 Å². The third-order valence-electron chi connectivity index (χ3n) is 9.59. The van der Waals surface area contributed by atoms with Crippen LogP contribution in [0.25, 0.3) is 11.2 Å². The zero-order valence-corrected chi connectivity index (χ0v) is 33.2. The van der Waals surface area contributed by atoms with E-state index in [2.05, 4.69) is 53.4 Å². The molecule has 1 aliphatic heterocycles. The monoisotopic (exact) mass is 785 g/mol. The average molecular weight is 786 g/mol. The van der Waals surface area contributed by atoms with E-state index >= 15 is 0 Å². The summed E-state index contributed by atoms with van der Waals surface area (Å²) in [5.41, 5.74) is 6.09. The molecular weight excluding hydrogens is 737 g/mol. The van der Waals surface area contributed by atoms with Crippen molar-refractivity contribution >= 4 is 25.6 Å². The summed E-state index contributed by atoms with van der Waals surface area (Å²) < 4.78 is 41.6. The maximum Gasteiger partial charge on any atom is 0.329 e. The van der Waals surface area contributed by atoms with Gasteiger partial charge in [-0.05, 0) is 68.7 Å². The highest BCUT2D eigenvalue weighted by molar-refractivity contribution is 7.44. The highest BCUT2D eigenvalue weighted by Crippen LogP contribution is 2.51. The third kappa shape index (κ3) is 8.36. The number of hydrogen-bond donors (Lipinski definition) is 3. The first-order chi connectivity index (χ1) is 27.0. The molecule has 15 nitrogen and oxygen atoms in total. The number of methoxy groups -OCH3 is 2. The Morgan fingerprint density at radius 1 is 0.946 bits per heavy atom. The van der Waals surface area contributed by atoms with Crippen LogP contribution in [0.4, 0.5) is 5.95 Å². The molecule has 2 aromatic heterocycles. The number of hydrogen-bond acceptors (Lipinski definition) is 12. The fourth-order valence-electron chi connectivity index (χ4n) is 7.11. The van der Waals surface area contributed by atoms with Crippen LogP contribution in [-0.4, -0.2) is 75.9 Å². The number of ether oxygens (including phenoxy) is 4. The Morgan fingerprint density at radius 3 is 2.09 bits per heavy atom. The van der Waals surface area contributed by atoms with Crippen molar-refractivity contribution in [3.63, 3.8) is 0 Å². The number of nitrogen functional groups attached to an aromatic ring is 1. The number of imidazole rings is 1. The van der Waals surface area contributed by atoms with Gasteiger partial charge in [-0.15, -0.1) is 0 Å². The van der Waals surface area contributed by atoms with Gasteiger partial charge in [-0.25, -0.2) is 14.0 Å². The van der Waals surface area contributed by atoms with E-state index in [-0.39, 0.29) is 55.3 Å². The molecule has 3 heterocycles. The number of fused-ring (bicyclic) bond motifs is 1. The second kappa shape index (κ2) is 17.8. The molecule has 1 saturated heterocycles. The maximum absolute atomic E-state index is 13.5. The molecule has 1 aliphatic rings. The van der Waals surface area contributed by atoms with E-state index in [0.29, 0.717) is 11.5 Å². The molecule has 0 amide bonds. The molecule has 0 bridgehead atoms. The van der Waals surface area contributed by atoms with Crippen LogP contribution in [-0.2, 0) is 24.1 Å². The van der Waals surface area contributed by atoms with Gasteiger partial charge in [0.1, 0.15) is 29.4 Å². The number of nitrogens with one attached hydrogen (secondary N) is 2. The normalized spacial score (nSPS) is 17.8. The second-order valence-corrected chi connectivity index (χ2v) is 15.2. The van der Waals surface area contributed by atoms with E-state index < -0.39 is 43.8 Å². The van der Waals surface area contributed by atoms with Gasteiger partial charge >= 0.3 is 5.69 Å². The lowest BCUT2D eigenvalue weighted by atomic mass is 9.80. The summed E-state index contributed by atoms with van der Waals surface area (Å²) >= 11 is 0. The molecule has 0 radical (unpaired) electrons. The smallest absolute Gasteiger partial charge is 0.329 e. The van der Waals surface area contributed by atoms with Gasteiger partial charge in [0.2, 0.25) is 5.95 Å². The van der Waals surface area contributed by atoms with Crippen LogP contribution >= 0.6 is 8.53 Å². The number of nitrogens with two attached hydrogens (primary N) is 1. The number of nitrogens with zero attached hydrogens (tertiary/aromatic N) is 4. The molecule has 56 heavy (non-hydrogen) atoms. The maximum atomic E-state index is 13.5. The highest BCUT2D eigenvalue weighted by atomic mass is 31.2. The zero-order valence-electron chi connectivity index (χ0n) is 32.3. The van der Waals surface area contributed by atoms with Gasteiger partial charge in [0, 0.05) is 18.5 Å². The lowest BCUT2D eigenvalue weighted by Crippen LogP contribution is -2.39. The van der Waals surface area contributed by atoms with Crippen molar-refractivity contribution in [1.82, 2.24) is 24.2 Å². The highest BCUT2D eigenvalue weighted by Gasteiger charge is 2.45. The van der Waals surface area contributed by atoms with Crippen molar-refractivity contribution in [3.05, 3.63) is 116 Å². The molecule has 1 fully saturated rings. The van der Waals surface area contributed by atoms with Crippen LogP contribution in [0.15, 0.2) is 88.5 Å². The summed E-state index contributed by atoms with van der Waals surface area (Å²) in [6.45, 7) is 8.36. The Morgan fingerprint density at radius 2 is 1.54 bits per heavy atom. The van der Waals surface area contributed by atoms with E-state index in [1.807, 2.05) is 78.9 Å². The molecule has 296 valence electrons. The van der Waals surface area contributed by atoms with E-state index in [4.69, 9.17) is 33.7 Å². The average Bonchev–Trinajstić information content (AvgIpc) is 3.74. The first-order valence-corrected chi connectivity index (χ1v) is 19.5. The predicted octanol–water partition coefficient (Wildman–Crippen LogP) is 5.97. The Bertz CT molecular complexity index is 2160. The number of aromatic amines is 2. The van der Waals surface area contributed by atoms with Gasteiger partial charge in [-0.3, -0.25) is 14.8 Å². The van der Waals surface area contributed by atoms with Crippen LogP contribution in [0.1, 0.15) is 63.5 Å². The Balaban J connectivity index is 1.46. The molecule has 0 aliphatic carbocycles. The van der Waals surface area contributed by atoms with Crippen LogP contribution in [0.2, 0.25) is 0 Å². The summed E-state index contributed by atoms with van der Waals surface area (Å²) in [5.74, 6) is 1.22. The minimum atomic E-state index is -1.73. The number of rotatable bonds is 17. The molecule has 16 heteroatoms. The quantitative estimate of drug-likeness (QED) is 0.0570. The fourth-order valence-corrected chi connectivity index (χ4v) is 8.86. The van der Waals surface area contributed by atoms with Crippen LogP contribution in [0.3, 0.4) is 0 Å². The number of benzene rings is 3. The minimum Gasteiger partial charge on any atom is -0.497 e. The summed E-state index contributed by atoms with van der Waals surface area (Å²) in [6.07, 6.45) is -2.05. The number of anilines is 1. The second-order valence-electron chi connectivity index (χ2n) is 13.8. The third-order valence-corrected chi connectivity index (χ3v) is 11.7. The van der Waals surface area contributed by atoms with E-state index in [0.717, 1.165) is 16.7 Å². The molecule has 4 atom stereocenters. The first-order valence-electron chi connectivity index (χ1n) is 18.4. The molecule has 0 saturated carbocycles. The van der Waals surface area contributed by atoms with E-state index in [1.54, 1.807) is 14.2 Å². The summed E-state index contributed by atoms with van der Waals surface area (Å²) in [7, 11) is 1.50. The summed E-state index contributed by atoms with van der Waals surface area (Å²) in [4.78, 5) is 35.6. The van der Waals surface area contributed by atoms with E-state index in [1.165, 1.54) is 4.57 Å². The largest absolute Gasteiger partial charge is 0.497 e. The molecule has 5 aromatic rings. The Hall–Kier alpha value is -5.07. The van der Waals surface area contributed by atoms with Crippen molar-refractivity contribution in [2.45, 2.75) is 76.7 Å². The summed E-state index contributed by atoms with van der Waals surface area (Å²) in [6, 6.07) is 27.5. The lowest BCUT2D eigenvalue weighted by Gasteiger charge is -2.39. The molecule has 4 N–H and O–H groups in total. The van der Waals surface area contributed by atoms with Gasteiger partial charge < -0.3 is 33.7 Å². The predicted molar refractivity (Wildman–Crippen MR) is 212 cm³/mol. The molecule has 3 aromatic carbocycles. The first kappa shape index (κ1) is 40.6. The lowest BCUT2D eigenvalue weighted by molar-refractivity contribution is -0.0916. The number of nitriles is 1. The summed E-state index contributed by atoms with van der Waals surface area (Å²) in [5, 5.41) is 9.34. The van der Waals surface area contributed by atoms with Gasteiger partial charge in [0.15, 0.2) is 11.2 Å². The number of aromatic nitrogens is 4. The van der Waals surface area contributed by atoms with Crippen molar-refractivity contribution < 1.29 is 28.0 Å². The topological polar surface area (TPSA) is 192 Å². The molecule has 1 unspecified atom stereocenters. The molecule has 0 spiro atoms. The van der Waals surface area contributed by atoms with Gasteiger partial charge in [-0.2, -0.15) is 10.2 Å². The van der Waals surface area contributed by atoms with Crippen molar-refractivity contribution in [1.29, 1.82) is 5.26 Å². The van der Waals surface area contributed by atoms with Crippen LogP contribution in [0, 0.1) is 11.3 Å². The minimum absolute atomic E-state index is 0.0217. The SMILES string of the molecule is COc1ccc(C(OC[C@H]2O[C@@H](n3c(=O)[nH]c4c(=O)[nH]c(N)nc43)C[C@@H]2OP(OCCC#N)N(C(C)C)C(C)C)(c2ccccc2)c2ccc(OC)cc2)cc1. The number of H-pyrrole nitrogens is 2. The van der Waals surface area contributed by atoms with Crippen LogP contribution < -0.4 is 26.5 Å². The van der Waals surface area contributed by atoms with Crippen molar-refractivity contribution in [2.24, 2.45) is 0 Å². The van der Waals surface area contributed by atoms with E-state index in [9.17, 15) is 14.9 Å². The molecular formula is C40H48N7O8P. The molecule has 6 rings (SSSR count). The Labute approximate surface area is 326 Å². The van der Waals surface area contributed by atoms with Crippen LogP contribution in [0.5, 0.6) is 11.5 Å².